The summed E-state index contributed by atoms with van der Waals surface area (Å²) in [6.07, 6.45) is 8.89. The fourth-order valence-corrected chi connectivity index (χ4v) is 1.25. The molecule has 0 aliphatic heterocycles. The van der Waals surface area contributed by atoms with E-state index in [1.165, 1.54) is 0 Å². The zero-order chi connectivity index (χ0) is 8.20. The Morgan fingerprint density at radius 2 is 2.00 bits per heavy atom. The molecular weight excluding hydrogens is 204 g/mol. The second-order valence-electron chi connectivity index (χ2n) is 3.29. The highest BCUT2D eigenvalue weighted by atomic mass is 79.9. The lowest BCUT2D eigenvalue weighted by atomic mass is 10.5. The zero-order valence-electron chi connectivity index (χ0n) is 6.69. The SMILES string of the molecule is C#CC=CC(Br)[Si](C)(C)C. The molecule has 0 rings (SSSR count). The molecule has 0 saturated carbocycles. The van der Waals surface area contributed by atoms with Gasteiger partial charge in [-0.15, -0.1) is 6.42 Å². The second kappa shape index (κ2) is 4.00. The predicted molar refractivity (Wildman–Crippen MR) is 54.0 cm³/mol. The Morgan fingerprint density at radius 1 is 1.50 bits per heavy atom. The van der Waals surface area contributed by atoms with Crippen molar-refractivity contribution in [2.45, 2.75) is 24.1 Å². The largest absolute Gasteiger partial charge is 0.115 e. The van der Waals surface area contributed by atoms with E-state index >= 15 is 0 Å². The van der Waals surface area contributed by atoms with Gasteiger partial charge in [-0.2, -0.15) is 0 Å². The lowest BCUT2D eigenvalue weighted by Crippen LogP contribution is -2.31. The molecule has 0 aliphatic rings. The number of terminal acetylenes is 1. The van der Waals surface area contributed by atoms with E-state index in [4.69, 9.17) is 6.42 Å². The first kappa shape index (κ1) is 10.00. The molecule has 1 atom stereocenters. The summed E-state index contributed by atoms with van der Waals surface area (Å²) in [7, 11) is -1.06. The third-order valence-corrected chi connectivity index (χ3v) is 7.46. The van der Waals surface area contributed by atoms with Crippen LogP contribution in [0.2, 0.25) is 19.6 Å². The molecular formula is C8H13BrSi. The van der Waals surface area contributed by atoms with Gasteiger partial charge >= 0.3 is 0 Å². The summed E-state index contributed by atoms with van der Waals surface area (Å²) in [5.41, 5.74) is 0. The highest BCUT2D eigenvalue weighted by Gasteiger charge is 2.20. The van der Waals surface area contributed by atoms with Crippen molar-refractivity contribution in [3.63, 3.8) is 0 Å². The van der Waals surface area contributed by atoms with E-state index in [9.17, 15) is 0 Å². The van der Waals surface area contributed by atoms with Gasteiger partial charge in [0.2, 0.25) is 0 Å². The maximum absolute atomic E-state index is 5.08. The number of hydrogen-bond acceptors (Lipinski definition) is 0. The van der Waals surface area contributed by atoms with Gasteiger partial charge in [-0.05, 0) is 6.08 Å². The molecule has 0 spiro atoms. The van der Waals surface area contributed by atoms with Gasteiger partial charge in [0.05, 0.1) is 8.07 Å². The van der Waals surface area contributed by atoms with Crippen LogP contribution in [0.3, 0.4) is 0 Å². The molecule has 0 radical (unpaired) electrons. The van der Waals surface area contributed by atoms with Crippen LogP contribution in [-0.2, 0) is 0 Å². The lowest BCUT2D eigenvalue weighted by Gasteiger charge is -2.19. The van der Waals surface area contributed by atoms with Crippen LogP contribution < -0.4 is 0 Å². The summed E-state index contributed by atoms with van der Waals surface area (Å²) in [5.74, 6) is 2.48. The van der Waals surface area contributed by atoms with Gasteiger partial charge in [0.1, 0.15) is 0 Å². The van der Waals surface area contributed by atoms with Crippen LogP contribution >= 0.6 is 15.9 Å². The van der Waals surface area contributed by atoms with Crippen LogP contribution in [0.4, 0.5) is 0 Å². The monoisotopic (exact) mass is 216 g/mol. The average Bonchev–Trinajstić information content (AvgIpc) is 1.80. The van der Waals surface area contributed by atoms with E-state index in [0.29, 0.717) is 4.45 Å². The van der Waals surface area contributed by atoms with Crippen LogP contribution in [0.5, 0.6) is 0 Å². The van der Waals surface area contributed by atoms with Crippen molar-refractivity contribution < 1.29 is 0 Å². The minimum atomic E-state index is -1.06. The molecule has 2 heteroatoms. The average molecular weight is 217 g/mol. The molecule has 0 aliphatic carbocycles. The first-order valence-electron chi connectivity index (χ1n) is 3.25. The molecule has 0 fully saturated rings. The molecule has 0 nitrogen and oxygen atoms in total. The first-order chi connectivity index (χ1) is 4.48. The lowest BCUT2D eigenvalue weighted by molar-refractivity contribution is 1.47. The molecule has 1 unspecified atom stereocenters. The summed E-state index contributed by atoms with van der Waals surface area (Å²) >= 11 is 3.58. The molecule has 0 heterocycles. The van der Waals surface area contributed by atoms with E-state index in [0.717, 1.165) is 0 Å². The van der Waals surface area contributed by atoms with Crippen molar-refractivity contribution in [3.05, 3.63) is 12.2 Å². The summed E-state index contributed by atoms with van der Waals surface area (Å²) in [5, 5.41) is 0. The smallest absolute Gasteiger partial charge is 0.0643 e. The summed E-state index contributed by atoms with van der Waals surface area (Å²) in [4.78, 5) is 0. The number of allylic oxidation sites excluding steroid dienone is 2. The minimum absolute atomic E-state index is 0.496. The number of rotatable bonds is 2. The van der Waals surface area contributed by atoms with Crippen LogP contribution in [0.15, 0.2) is 12.2 Å². The van der Waals surface area contributed by atoms with E-state index in [1.54, 1.807) is 6.08 Å². The Balaban J connectivity index is 4.00. The van der Waals surface area contributed by atoms with Gasteiger partial charge in [0.15, 0.2) is 0 Å². The molecule has 0 bridgehead atoms. The van der Waals surface area contributed by atoms with Gasteiger partial charge in [0.25, 0.3) is 0 Å². The normalized spacial score (nSPS) is 15.1. The van der Waals surface area contributed by atoms with Gasteiger partial charge in [-0.1, -0.05) is 47.6 Å². The quantitative estimate of drug-likeness (QED) is 0.379. The number of hydrogen-bond donors (Lipinski definition) is 0. The van der Waals surface area contributed by atoms with Gasteiger partial charge in [-0.25, -0.2) is 0 Å². The Morgan fingerprint density at radius 3 is 2.30 bits per heavy atom. The third-order valence-electron chi connectivity index (χ3n) is 1.19. The van der Waals surface area contributed by atoms with Crippen molar-refractivity contribution in [2.24, 2.45) is 0 Å². The van der Waals surface area contributed by atoms with E-state index in [1.807, 2.05) is 6.08 Å². The molecule has 10 heavy (non-hydrogen) atoms. The molecule has 0 aromatic carbocycles. The van der Waals surface area contributed by atoms with Crippen LogP contribution in [0, 0.1) is 12.3 Å². The Labute approximate surface area is 72.9 Å². The summed E-state index contributed by atoms with van der Waals surface area (Å²) < 4.78 is 0.496. The molecule has 0 amide bonds. The summed E-state index contributed by atoms with van der Waals surface area (Å²) in [6.45, 7) is 6.90. The first-order valence-corrected chi connectivity index (χ1v) is 7.74. The zero-order valence-corrected chi connectivity index (χ0v) is 9.27. The van der Waals surface area contributed by atoms with Crippen molar-refractivity contribution in [3.8, 4) is 12.3 Å². The fraction of sp³-hybridized carbons (Fsp3) is 0.500. The van der Waals surface area contributed by atoms with E-state index in [2.05, 4.69) is 41.5 Å². The number of alkyl halides is 1. The second-order valence-corrected chi connectivity index (χ2v) is 10.5. The molecule has 0 aromatic heterocycles. The van der Waals surface area contributed by atoms with Gasteiger partial charge < -0.3 is 0 Å². The summed E-state index contributed by atoms with van der Waals surface area (Å²) in [6, 6.07) is 0. The molecule has 0 N–H and O–H groups in total. The van der Waals surface area contributed by atoms with Crippen molar-refractivity contribution in [1.82, 2.24) is 0 Å². The van der Waals surface area contributed by atoms with Crippen molar-refractivity contribution in [1.29, 1.82) is 0 Å². The Bertz CT molecular complexity index is 159. The highest BCUT2D eigenvalue weighted by Crippen LogP contribution is 2.16. The number of halogens is 1. The molecule has 56 valence electrons. The molecule has 0 saturated heterocycles. The van der Waals surface area contributed by atoms with E-state index in [-0.39, 0.29) is 0 Å². The standard InChI is InChI=1S/C8H13BrSi/c1-5-6-7-8(9)10(2,3)4/h1,6-8H,2-4H3. The minimum Gasteiger partial charge on any atom is -0.115 e. The van der Waals surface area contributed by atoms with Crippen LogP contribution in [0.1, 0.15) is 0 Å². The van der Waals surface area contributed by atoms with Crippen LogP contribution in [-0.4, -0.2) is 12.5 Å². The highest BCUT2D eigenvalue weighted by molar-refractivity contribution is 9.10. The van der Waals surface area contributed by atoms with Gasteiger partial charge in [0, 0.05) is 4.45 Å². The van der Waals surface area contributed by atoms with Gasteiger partial charge in [-0.3, -0.25) is 0 Å². The maximum atomic E-state index is 5.08. The Hall–Kier alpha value is -0.00312. The van der Waals surface area contributed by atoms with Crippen molar-refractivity contribution in [2.75, 3.05) is 0 Å². The predicted octanol–water partition coefficient (Wildman–Crippen LogP) is 2.82. The maximum Gasteiger partial charge on any atom is 0.0643 e. The van der Waals surface area contributed by atoms with Crippen molar-refractivity contribution >= 4 is 24.0 Å². The van der Waals surface area contributed by atoms with Crippen LogP contribution in [0.25, 0.3) is 0 Å². The third kappa shape index (κ3) is 3.92. The Kier molecular flexibility index (Phi) is 4.00. The van der Waals surface area contributed by atoms with E-state index < -0.39 is 8.07 Å². The topological polar surface area (TPSA) is 0 Å². The fourth-order valence-electron chi connectivity index (χ4n) is 0.429. The molecule has 0 aromatic rings.